The van der Waals surface area contributed by atoms with Crippen LogP contribution in [0.5, 0.6) is 11.6 Å². The Hall–Kier alpha value is -3.85. The third-order valence-corrected chi connectivity index (χ3v) is 5.41. The average molecular weight is 488 g/mol. The zero-order chi connectivity index (χ0) is 24.5. The van der Waals surface area contributed by atoms with Gasteiger partial charge in [0.1, 0.15) is 11.6 Å². The van der Waals surface area contributed by atoms with Crippen LogP contribution in [-0.4, -0.2) is 21.0 Å². The van der Waals surface area contributed by atoms with Gasteiger partial charge in [-0.25, -0.2) is 14.8 Å². The number of carboxylic acid groups (broad SMARTS) is 1. The highest BCUT2D eigenvalue weighted by Crippen LogP contribution is 2.38. The summed E-state index contributed by atoms with van der Waals surface area (Å²) in [6, 6.07) is 12.2. The van der Waals surface area contributed by atoms with Crippen LogP contribution in [0.3, 0.4) is 0 Å². The van der Waals surface area contributed by atoms with Crippen molar-refractivity contribution < 1.29 is 27.8 Å². The van der Waals surface area contributed by atoms with Crippen molar-refractivity contribution in [1.82, 2.24) is 9.97 Å². The van der Waals surface area contributed by atoms with Gasteiger partial charge in [0, 0.05) is 17.6 Å². The lowest BCUT2D eigenvalue weighted by Crippen LogP contribution is -2.09. The summed E-state index contributed by atoms with van der Waals surface area (Å²) < 4.78 is 45.1. The lowest BCUT2D eigenvalue weighted by atomic mass is 10.1. The lowest BCUT2D eigenvalue weighted by molar-refractivity contribution is -0.137. The molecule has 0 saturated carbocycles. The van der Waals surface area contributed by atoms with Crippen LogP contribution in [0.1, 0.15) is 34.5 Å². The van der Waals surface area contributed by atoms with Crippen LogP contribution in [0, 0.1) is 0 Å². The van der Waals surface area contributed by atoms with Gasteiger partial charge in [-0.1, -0.05) is 29.8 Å². The number of nitrogens with zero attached hydrogens (tertiary/aromatic N) is 2. The molecular weight excluding hydrogens is 471 g/mol. The SMILES string of the molecule is C[C@H](Nc1nccc2c(Cl)cnc(Oc3cccc(C(F)(F)F)c3)c12)c1ccc(C(=O)O)cc1. The van der Waals surface area contributed by atoms with Gasteiger partial charge >= 0.3 is 12.1 Å². The molecule has 174 valence electrons. The van der Waals surface area contributed by atoms with Gasteiger partial charge in [0.05, 0.1) is 27.7 Å². The molecule has 0 radical (unpaired) electrons. The van der Waals surface area contributed by atoms with E-state index in [1.165, 1.54) is 36.7 Å². The third kappa shape index (κ3) is 4.89. The number of carbonyl (C=O) groups is 1. The Kier molecular flexibility index (Phi) is 6.30. The number of ether oxygens (including phenoxy) is 1. The molecule has 0 bridgehead atoms. The highest BCUT2D eigenvalue weighted by Gasteiger charge is 2.30. The number of aromatic carboxylic acids is 1. The molecule has 34 heavy (non-hydrogen) atoms. The van der Waals surface area contributed by atoms with Gasteiger partial charge in [-0.15, -0.1) is 0 Å². The number of rotatable bonds is 6. The van der Waals surface area contributed by atoms with Gasteiger partial charge in [0.15, 0.2) is 0 Å². The van der Waals surface area contributed by atoms with Gasteiger partial charge in [-0.3, -0.25) is 0 Å². The summed E-state index contributed by atoms with van der Waals surface area (Å²) >= 11 is 6.31. The molecule has 2 aromatic heterocycles. The number of benzene rings is 2. The van der Waals surface area contributed by atoms with Crippen molar-refractivity contribution in [2.75, 3.05) is 5.32 Å². The number of halogens is 4. The minimum absolute atomic E-state index is 0.0303. The molecule has 0 aliphatic heterocycles. The van der Waals surface area contributed by atoms with Crippen LogP contribution in [0.4, 0.5) is 19.0 Å². The predicted octanol–water partition coefficient (Wildman–Crippen LogP) is 6.97. The molecule has 0 fully saturated rings. The summed E-state index contributed by atoms with van der Waals surface area (Å²) in [5.41, 5.74) is 0.101. The topological polar surface area (TPSA) is 84.3 Å². The second kappa shape index (κ2) is 9.18. The molecule has 2 heterocycles. The van der Waals surface area contributed by atoms with E-state index in [0.29, 0.717) is 21.6 Å². The summed E-state index contributed by atoms with van der Waals surface area (Å²) in [4.78, 5) is 19.6. The second-order valence-electron chi connectivity index (χ2n) is 7.41. The van der Waals surface area contributed by atoms with E-state index >= 15 is 0 Å². The first-order chi connectivity index (χ1) is 16.1. The first kappa shape index (κ1) is 23.3. The van der Waals surface area contributed by atoms with E-state index < -0.39 is 17.7 Å². The lowest BCUT2D eigenvalue weighted by Gasteiger charge is -2.18. The number of anilines is 1. The van der Waals surface area contributed by atoms with E-state index in [9.17, 15) is 18.0 Å². The molecule has 0 spiro atoms. The van der Waals surface area contributed by atoms with E-state index in [1.54, 1.807) is 18.2 Å². The van der Waals surface area contributed by atoms with Gasteiger partial charge < -0.3 is 15.2 Å². The Morgan fingerprint density at radius 2 is 1.85 bits per heavy atom. The van der Waals surface area contributed by atoms with Crippen molar-refractivity contribution >= 4 is 34.2 Å². The molecule has 4 aromatic rings. The summed E-state index contributed by atoms with van der Waals surface area (Å²) in [5.74, 6) is -0.690. The maximum absolute atomic E-state index is 13.1. The van der Waals surface area contributed by atoms with Crippen molar-refractivity contribution in [1.29, 1.82) is 0 Å². The van der Waals surface area contributed by atoms with E-state index in [0.717, 1.165) is 17.7 Å². The molecule has 6 nitrogen and oxygen atoms in total. The molecule has 2 aromatic carbocycles. The molecule has 2 N–H and O–H groups in total. The Bertz CT molecular complexity index is 1360. The Balaban J connectivity index is 1.71. The van der Waals surface area contributed by atoms with Crippen LogP contribution in [0.25, 0.3) is 10.8 Å². The average Bonchev–Trinajstić information content (AvgIpc) is 2.81. The fourth-order valence-corrected chi connectivity index (χ4v) is 3.57. The summed E-state index contributed by atoms with van der Waals surface area (Å²) in [6.07, 6.45) is -1.63. The number of hydrogen-bond donors (Lipinski definition) is 2. The Morgan fingerprint density at radius 1 is 1.12 bits per heavy atom. The quantitative estimate of drug-likeness (QED) is 0.305. The predicted molar refractivity (Wildman–Crippen MR) is 122 cm³/mol. The zero-order valence-corrected chi connectivity index (χ0v) is 18.4. The van der Waals surface area contributed by atoms with Crippen molar-refractivity contribution in [3.05, 3.63) is 88.7 Å². The van der Waals surface area contributed by atoms with Gasteiger partial charge in [-0.2, -0.15) is 13.2 Å². The molecule has 0 unspecified atom stereocenters. The first-order valence-electron chi connectivity index (χ1n) is 10.0. The van der Waals surface area contributed by atoms with E-state index in [1.807, 2.05) is 6.92 Å². The Morgan fingerprint density at radius 3 is 2.53 bits per heavy atom. The van der Waals surface area contributed by atoms with Gasteiger partial charge in [-0.05, 0) is 48.9 Å². The highest BCUT2D eigenvalue weighted by atomic mass is 35.5. The summed E-state index contributed by atoms with van der Waals surface area (Å²) in [7, 11) is 0. The van der Waals surface area contributed by atoms with Crippen LogP contribution >= 0.6 is 11.6 Å². The molecule has 1 atom stereocenters. The summed E-state index contributed by atoms with van der Waals surface area (Å²) in [5, 5.41) is 13.6. The number of alkyl halides is 3. The molecular formula is C24H17ClF3N3O3. The molecule has 0 saturated heterocycles. The monoisotopic (exact) mass is 487 g/mol. The largest absolute Gasteiger partial charge is 0.478 e. The fraction of sp³-hybridized carbons (Fsp3) is 0.125. The van der Waals surface area contributed by atoms with Crippen molar-refractivity contribution in [2.24, 2.45) is 0 Å². The standard InChI is InChI=1S/C24H17ClF3N3O3/c1-13(14-5-7-15(8-6-14)23(32)33)31-21-20-18(9-10-29-21)19(25)12-30-22(20)34-17-4-2-3-16(11-17)24(26,27)28/h2-13H,1H3,(H,29,31)(H,32,33)/t13-/m0/s1. The summed E-state index contributed by atoms with van der Waals surface area (Å²) in [6.45, 7) is 1.85. The number of carboxylic acids is 1. The first-order valence-corrected chi connectivity index (χ1v) is 10.4. The highest BCUT2D eigenvalue weighted by molar-refractivity contribution is 6.35. The molecule has 0 amide bonds. The maximum Gasteiger partial charge on any atom is 0.416 e. The molecule has 4 rings (SSSR count). The number of pyridine rings is 2. The fourth-order valence-electron chi connectivity index (χ4n) is 3.36. The zero-order valence-electron chi connectivity index (χ0n) is 17.6. The van der Waals surface area contributed by atoms with E-state index in [2.05, 4.69) is 15.3 Å². The van der Waals surface area contributed by atoms with Gasteiger partial charge in [0.2, 0.25) is 5.88 Å². The van der Waals surface area contributed by atoms with Crippen LogP contribution < -0.4 is 10.1 Å². The van der Waals surface area contributed by atoms with Gasteiger partial charge in [0.25, 0.3) is 0 Å². The van der Waals surface area contributed by atoms with Crippen molar-refractivity contribution in [3.8, 4) is 11.6 Å². The molecule has 10 heteroatoms. The molecule has 0 aliphatic carbocycles. The van der Waals surface area contributed by atoms with Crippen LogP contribution in [0.2, 0.25) is 5.02 Å². The normalized spacial score (nSPS) is 12.4. The minimum Gasteiger partial charge on any atom is -0.478 e. The molecule has 0 aliphatic rings. The third-order valence-electron chi connectivity index (χ3n) is 5.10. The maximum atomic E-state index is 13.1. The number of fused-ring (bicyclic) bond motifs is 1. The van der Waals surface area contributed by atoms with E-state index in [4.69, 9.17) is 21.4 Å². The minimum atomic E-state index is -4.52. The van der Waals surface area contributed by atoms with Crippen molar-refractivity contribution in [2.45, 2.75) is 19.1 Å². The number of hydrogen-bond acceptors (Lipinski definition) is 5. The van der Waals surface area contributed by atoms with E-state index in [-0.39, 0.29) is 23.2 Å². The van der Waals surface area contributed by atoms with Crippen LogP contribution in [0.15, 0.2) is 67.0 Å². The number of nitrogens with one attached hydrogen (secondary N) is 1. The smallest absolute Gasteiger partial charge is 0.416 e. The Labute approximate surface area is 197 Å². The van der Waals surface area contributed by atoms with Crippen LogP contribution in [-0.2, 0) is 6.18 Å². The second-order valence-corrected chi connectivity index (χ2v) is 7.82. The van der Waals surface area contributed by atoms with Crippen molar-refractivity contribution in [3.63, 3.8) is 0 Å². The number of aromatic nitrogens is 2.